The monoisotopic (exact) mass is 647 g/mol. The fourth-order valence-electron chi connectivity index (χ4n) is 7.87. The predicted molar refractivity (Wildman–Crippen MR) is 171 cm³/mol. The van der Waals surface area contributed by atoms with Gasteiger partial charge in [0, 0.05) is 23.1 Å². The van der Waals surface area contributed by atoms with E-state index < -0.39 is 29.6 Å². The molecule has 1 heterocycles. The zero-order chi connectivity index (χ0) is 33.4. The molecule has 0 radical (unpaired) electrons. The van der Waals surface area contributed by atoms with Gasteiger partial charge in [-0.3, -0.25) is 9.69 Å². The van der Waals surface area contributed by atoms with Crippen molar-refractivity contribution in [2.24, 2.45) is 5.41 Å². The average Bonchev–Trinajstić information content (AvgIpc) is 3.50. The summed E-state index contributed by atoms with van der Waals surface area (Å²) in [6.07, 6.45) is 1.04. The smallest absolute Gasteiger partial charge is 0.440 e. The van der Waals surface area contributed by atoms with E-state index >= 15 is 0 Å². The molecule has 248 valence electrons. The zero-order valence-corrected chi connectivity index (χ0v) is 26.7. The highest BCUT2D eigenvalue weighted by molar-refractivity contribution is 6.10. The Kier molecular flexibility index (Phi) is 8.96. The summed E-state index contributed by atoms with van der Waals surface area (Å²) in [5.41, 5.74) is 3.52. The molecular formula is C38H40F3NO5. The number of fused-ring (bicyclic) bond motifs is 8. The number of aliphatic hydroxyl groups is 1. The van der Waals surface area contributed by atoms with Crippen LogP contribution in [0, 0.1) is 5.41 Å². The highest BCUT2D eigenvalue weighted by atomic mass is 19.4. The van der Waals surface area contributed by atoms with Crippen LogP contribution in [0.1, 0.15) is 90.9 Å². The summed E-state index contributed by atoms with van der Waals surface area (Å²) in [5, 5.41) is 10.8. The Balaban J connectivity index is 1.35. The Morgan fingerprint density at radius 1 is 1.04 bits per heavy atom. The standard InChI is InChI=1S/C38H40F3NO5/c1-25-7-6-19-36(2)33(31-17-13-27(21-29(43)14-10-25)22-32(31)34(44)28-8-4-3-5-9-28)18-20-37(36)24-42(35(45)47-37)23-26-11-15-30(16-12-26)46-38(39,40)41/h3-5,7-9,11-13,15-17,22,29,33,43H,6,10,14,18-21,23-24H2,1-2H3/t29-,33-,36-,37+/m0/s1. The third-order valence-corrected chi connectivity index (χ3v) is 10.4. The average molecular weight is 648 g/mol. The number of halogens is 3. The van der Waals surface area contributed by atoms with Crippen molar-refractivity contribution in [2.75, 3.05) is 6.54 Å². The minimum Gasteiger partial charge on any atom is -0.440 e. The van der Waals surface area contributed by atoms with Crippen molar-refractivity contribution in [3.63, 3.8) is 0 Å². The molecule has 3 aliphatic carbocycles. The number of carbonyl (C=O) groups is 2. The lowest BCUT2D eigenvalue weighted by Gasteiger charge is -2.43. The number of nitrogens with zero attached hydrogens (tertiary/aromatic N) is 1. The summed E-state index contributed by atoms with van der Waals surface area (Å²) >= 11 is 0. The number of allylic oxidation sites excluding steroid dienone is 2. The van der Waals surface area contributed by atoms with E-state index in [4.69, 9.17) is 4.74 Å². The van der Waals surface area contributed by atoms with Crippen LogP contribution in [0.5, 0.6) is 5.75 Å². The number of amides is 1. The van der Waals surface area contributed by atoms with Crippen LogP contribution in [0.15, 0.2) is 84.4 Å². The molecule has 4 atom stereocenters. The molecule has 2 fully saturated rings. The zero-order valence-electron chi connectivity index (χ0n) is 26.7. The van der Waals surface area contributed by atoms with Crippen LogP contribution in [0.4, 0.5) is 18.0 Å². The quantitative estimate of drug-likeness (QED) is 0.222. The first-order valence-electron chi connectivity index (χ1n) is 16.2. The van der Waals surface area contributed by atoms with Crippen molar-refractivity contribution in [3.05, 3.63) is 112 Å². The molecule has 0 aromatic heterocycles. The van der Waals surface area contributed by atoms with Gasteiger partial charge in [-0.25, -0.2) is 4.79 Å². The molecule has 1 spiro atoms. The maximum Gasteiger partial charge on any atom is 0.573 e. The Bertz CT molecular complexity index is 1650. The fourth-order valence-corrected chi connectivity index (χ4v) is 7.87. The lowest BCUT2D eigenvalue weighted by atomic mass is 9.64. The number of ether oxygens (including phenoxy) is 2. The van der Waals surface area contributed by atoms with E-state index in [1.165, 1.54) is 29.8 Å². The number of ketones is 1. The molecule has 4 aliphatic rings. The van der Waals surface area contributed by atoms with Gasteiger partial charge in [-0.1, -0.05) is 73.2 Å². The summed E-state index contributed by atoms with van der Waals surface area (Å²) in [4.78, 5) is 29.2. The summed E-state index contributed by atoms with van der Waals surface area (Å²) < 4.78 is 48.3. The van der Waals surface area contributed by atoms with E-state index in [0.717, 1.165) is 24.0 Å². The highest BCUT2D eigenvalue weighted by Crippen LogP contribution is 2.61. The van der Waals surface area contributed by atoms with Crippen LogP contribution in [-0.2, 0) is 17.7 Å². The van der Waals surface area contributed by atoms with Crippen molar-refractivity contribution in [2.45, 2.75) is 89.3 Å². The van der Waals surface area contributed by atoms with Crippen molar-refractivity contribution in [1.82, 2.24) is 4.90 Å². The number of hydrogen-bond acceptors (Lipinski definition) is 5. The first-order valence-corrected chi connectivity index (χ1v) is 16.2. The largest absolute Gasteiger partial charge is 0.573 e. The molecule has 0 unspecified atom stereocenters. The van der Waals surface area contributed by atoms with Gasteiger partial charge in [-0.05, 0) is 92.7 Å². The Hall–Kier alpha value is -4.11. The Morgan fingerprint density at radius 3 is 2.51 bits per heavy atom. The van der Waals surface area contributed by atoms with Gasteiger partial charge in [0.15, 0.2) is 5.78 Å². The molecule has 3 aromatic rings. The summed E-state index contributed by atoms with van der Waals surface area (Å²) in [7, 11) is 0. The normalized spacial score (nSPS) is 26.5. The number of aliphatic hydroxyl groups excluding tert-OH is 1. The Morgan fingerprint density at radius 2 is 1.79 bits per heavy atom. The van der Waals surface area contributed by atoms with Crippen LogP contribution in [0.25, 0.3) is 0 Å². The van der Waals surface area contributed by atoms with E-state index in [9.17, 15) is 27.9 Å². The minimum absolute atomic E-state index is 0.0777. The lowest BCUT2D eigenvalue weighted by molar-refractivity contribution is -0.274. The fraction of sp³-hybridized carbons (Fsp3) is 0.421. The number of benzene rings is 3. The molecule has 1 saturated heterocycles. The SMILES string of the molecule is CC1=CCC[C@@]2(C)[C@@H](CC[C@@]23CN(Cc2ccc(OC(F)(F)F)cc2)C(=O)O3)c2ccc(cc2C(=O)c2ccccc2)C[C@@H](O)CC1. The van der Waals surface area contributed by atoms with Gasteiger partial charge in [-0.2, -0.15) is 0 Å². The molecule has 1 amide bonds. The van der Waals surface area contributed by atoms with Crippen molar-refractivity contribution < 1.29 is 37.3 Å². The van der Waals surface area contributed by atoms with E-state index in [0.29, 0.717) is 55.3 Å². The second-order valence-electron chi connectivity index (χ2n) is 13.5. The van der Waals surface area contributed by atoms with E-state index in [2.05, 4.69) is 24.7 Å². The van der Waals surface area contributed by atoms with Crippen molar-refractivity contribution in [3.8, 4) is 5.75 Å². The molecule has 47 heavy (non-hydrogen) atoms. The molecule has 6 nitrogen and oxygen atoms in total. The number of alkyl halides is 3. The maximum absolute atomic E-state index is 14.1. The summed E-state index contributed by atoms with van der Waals surface area (Å²) in [6.45, 7) is 4.76. The predicted octanol–water partition coefficient (Wildman–Crippen LogP) is 8.51. The highest BCUT2D eigenvalue weighted by Gasteiger charge is 2.64. The molecule has 1 saturated carbocycles. The number of hydrogen-bond donors (Lipinski definition) is 1. The van der Waals surface area contributed by atoms with E-state index in [1.54, 1.807) is 4.90 Å². The van der Waals surface area contributed by atoms with Gasteiger partial charge in [0.05, 0.1) is 12.6 Å². The number of rotatable bonds is 5. The molecule has 9 heteroatoms. The van der Waals surface area contributed by atoms with Gasteiger partial charge >= 0.3 is 12.5 Å². The van der Waals surface area contributed by atoms with Gasteiger partial charge in [0.2, 0.25) is 0 Å². The summed E-state index contributed by atoms with van der Waals surface area (Å²) in [5.74, 6) is -0.490. The first-order chi connectivity index (χ1) is 22.4. The molecule has 1 N–H and O–H groups in total. The maximum atomic E-state index is 14.1. The third kappa shape index (κ3) is 6.82. The number of carbonyl (C=O) groups excluding carboxylic acids is 2. The van der Waals surface area contributed by atoms with Crippen molar-refractivity contribution >= 4 is 11.9 Å². The second-order valence-corrected chi connectivity index (χ2v) is 13.5. The Labute approximate surface area is 273 Å². The topological polar surface area (TPSA) is 76.1 Å². The first kappa shape index (κ1) is 32.8. The molecule has 7 rings (SSSR count). The van der Waals surface area contributed by atoms with Crippen molar-refractivity contribution in [1.29, 1.82) is 0 Å². The van der Waals surface area contributed by atoms with Crippen LogP contribution in [-0.4, -0.2) is 46.5 Å². The van der Waals surface area contributed by atoms with Gasteiger partial charge in [0.25, 0.3) is 0 Å². The third-order valence-electron chi connectivity index (χ3n) is 10.4. The lowest BCUT2D eigenvalue weighted by Crippen LogP contribution is -2.48. The second kappa shape index (κ2) is 12.8. The van der Waals surface area contributed by atoms with Gasteiger partial charge in [0.1, 0.15) is 11.4 Å². The molecule has 1 aliphatic heterocycles. The van der Waals surface area contributed by atoms with Crippen LogP contribution in [0.3, 0.4) is 0 Å². The molecule has 3 aromatic carbocycles. The van der Waals surface area contributed by atoms with Gasteiger partial charge in [-0.15, -0.1) is 13.2 Å². The van der Waals surface area contributed by atoms with Crippen LogP contribution in [0.2, 0.25) is 0 Å². The minimum atomic E-state index is -4.78. The van der Waals surface area contributed by atoms with Crippen LogP contribution < -0.4 is 4.74 Å². The summed E-state index contributed by atoms with van der Waals surface area (Å²) in [6, 6.07) is 20.7. The molecular weight excluding hydrogens is 607 g/mol. The van der Waals surface area contributed by atoms with E-state index in [-0.39, 0.29) is 24.0 Å². The van der Waals surface area contributed by atoms with Crippen LogP contribution >= 0.6 is 0 Å². The van der Waals surface area contributed by atoms with Gasteiger partial charge < -0.3 is 14.6 Å². The molecule has 2 bridgehead atoms. The van der Waals surface area contributed by atoms with E-state index in [1.807, 2.05) is 48.5 Å².